The van der Waals surface area contributed by atoms with Crippen molar-refractivity contribution in [2.24, 2.45) is 0 Å². The van der Waals surface area contributed by atoms with E-state index < -0.39 is 0 Å². The molecule has 1 aliphatic heterocycles. The van der Waals surface area contributed by atoms with Gasteiger partial charge < -0.3 is 14.9 Å². The lowest BCUT2D eigenvalue weighted by molar-refractivity contribution is -0.108. The normalized spacial score (nSPS) is 18.8. The maximum atomic E-state index is 12.0. The molecule has 1 unspecified atom stereocenters. The summed E-state index contributed by atoms with van der Waals surface area (Å²) in [6.45, 7) is 0.363. The Morgan fingerprint density at radius 2 is 2.00 bits per heavy atom. The number of pyridine rings is 2. The van der Waals surface area contributed by atoms with E-state index in [9.17, 15) is 9.90 Å². The highest BCUT2D eigenvalue weighted by molar-refractivity contribution is 5.87. The van der Waals surface area contributed by atoms with Crippen LogP contribution in [-0.2, 0) is 17.9 Å². The van der Waals surface area contributed by atoms with Gasteiger partial charge in [-0.3, -0.25) is 14.8 Å². The summed E-state index contributed by atoms with van der Waals surface area (Å²) in [5, 5.41) is 12.0. The number of carbonyl (C=O) groups is 1. The fourth-order valence-corrected chi connectivity index (χ4v) is 4.08. The molecule has 0 saturated heterocycles. The first-order valence-corrected chi connectivity index (χ1v) is 9.22. The van der Waals surface area contributed by atoms with E-state index in [0.29, 0.717) is 12.6 Å². The number of aliphatic hydroxyl groups excluding tert-OH is 1. The first kappa shape index (κ1) is 16.2. The van der Waals surface area contributed by atoms with Crippen molar-refractivity contribution < 1.29 is 9.90 Å². The summed E-state index contributed by atoms with van der Waals surface area (Å²) < 4.78 is 0. The molecule has 1 atom stereocenters. The van der Waals surface area contributed by atoms with Crippen molar-refractivity contribution in [3.8, 4) is 0 Å². The highest BCUT2D eigenvalue weighted by Crippen LogP contribution is 2.45. The second-order valence-corrected chi connectivity index (χ2v) is 7.11. The van der Waals surface area contributed by atoms with Gasteiger partial charge in [-0.25, -0.2) is 0 Å². The molecule has 6 heteroatoms. The molecule has 0 spiro atoms. The Kier molecular flexibility index (Phi) is 3.79. The van der Waals surface area contributed by atoms with Crippen LogP contribution < -0.4 is 9.80 Å². The number of hydrogen-bond acceptors (Lipinski definition) is 6. The fraction of sp³-hybridized carbons (Fsp3) is 0.286. The van der Waals surface area contributed by atoms with Gasteiger partial charge in [-0.15, -0.1) is 0 Å². The van der Waals surface area contributed by atoms with Crippen LogP contribution in [0.4, 0.5) is 11.4 Å². The Balaban J connectivity index is 1.59. The molecule has 27 heavy (non-hydrogen) atoms. The summed E-state index contributed by atoms with van der Waals surface area (Å²) in [5.74, 6) is 0. The molecule has 0 radical (unpaired) electrons. The lowest BCUT2D eigenvalue weighted by Gasteiger charge is -2.29. The Morgan fingerprint density at radius 3 is 2.78 bits per heavy atom. The van der Waals surface area contributed by atoms with E-state index in [0.717, 1.165) is 52.5 Å². The predicted octanol–water partition coefficient (Wildman–Crippen LogP) is 2.64. The Bertz CT molecular complexity index is 1020. The van der Waals surface area contributed by atoms with Gasteiger partial charge in [-0.05, 0) is 24.3 Å². The zero-order valence-electron chi connectivity index (χ0n) is 14.8. The summed E-state index contributed by atoms with van der Waals surface area (Å²) >= 11 is 0. The second-order valence-electron chi connectivity index (χ2n) is 7.11. The van der Waals surface area contributed by atoms with Crippen molar-refractivity contribution in [2.75, 3.05) is 9.80 Å². The lowest BCUT2D eigenvalue weighted by Crippen LogP contribution is -2.45. The minimum absolute atomic E-state index is 0.0878. The molecule has 3 aromatic rings. The quantitative estimate of drug-likeness (QED) is 0.706. The minimum Gasteiger partial charge on any atom is -0.392 e. The molecule has 1 fully saturated rings. The van der Waals surface area contributed by atoms with E-state index in [1.807, 2.05) is 47.6 Å². The third kappa shape index (κ3) is 2.56. The predicted molar refractivity (Wildman–Crippen MR) is 103 cm³/mol. The summed E-state index contributed by atoms with van der Waals surface area (Å²) in [7, 11) is 0. The number of rotatable bonds is 5. The maximum absolute atomic E-state index is 12.0. The molecule has 1 saturated carbocycles. The number of hydrogen-bond donors (Lipinski definition) is 1. The number of fused-ring (bicyclic) bond motifs is 2. The average Bonchev–Trinajstić information content (AvgIpc) is 3.51. The van der Waals surface area contributed by atoms with Crippen molar-refractivity contribution in [1.82, 2.24) is 9.97 Å². The van der Waals surface area contributed by atoms with E-state index in [1.54, 1.807) is 6.20 Å². The first-order chi connectivity index (χ1) is 13.3. The summed E-state index contributed by atoms with van der Waals surface area (Å²) in [6, 6.07) is 10.3. The van der Waals surface area contributed by atoms with Crippen LogP contribution in [0.2, 0.25) is 0 Å². The third-order valence-corrected chi connectivity index (χ3v) is 5.50. The van der Waals surface area contributed by atoms with Gasteiger partial charge in [0.15, 0.2) is 12.5 Å². The topological polar surface area (TPSA) is 69.6 Å². The van der Waals surface area contributed by atoms with Crippen molar-refractivity contribution in [2.45, 2.75) is 38.2 Å². The number of anilines is 2. The van der Waals surface area contributed by atoms with Crippen LogP contribution in [0.25, 0.3) is 10.8 Å². The third-order valence-electron chi connectivity index (χ3n) is 5.50. The molecule has 136 valence electrons. The molecular weight excluding hydrogens is 340 g/mol. The molecule has 1 N–H and O–H groups in total. The molecule has 0 amide bonds. The van der Waals surface area contributed by atoms with E-state index >= 15 is 0 Å². The Labute approximate surface area is 157 Å². The van der Waals surface area contributed by atoms with Gasteiger partial charge in [-0.1, -0.05) is 24.3 Å². The zero-order valence-corrected chi connectivity index (χ0v) is 14.8. The first-order valence-electron chi connectivity index (χ1n) is 9.22. The van der Waals surface area contributed by atoms with Gasteiger partial charge in [0, 0.05) is 29.4 Å². The molecule has 2 aromatic heterocycles. The van der Waals surface area contributed by atoms with Crippen molar-refractivity contribution in [3.63, 3.8) is 0 Å². The minimum atomic E-state index is -0.364. The van der Waals surface area contributed by atoms with Crippen LogP contribution in [0.1, 0.15) is 24.1 Å². The molecule has 3 heterocycles. The fourth-order valence-electron chi connectivity index (χ4n) is 4.08. The van der Waals surface area contributed by atoms with Crippen LogP contribution in [-0.4, -0.2) is 33.6 Å². The second kappa shape index (κ2) is 6.32. The lowest BCUT2D eigenvalue weighted by atomic mass is 10.0. The standard InChI is InChI=1S/C21H20N4O2/c26-12-17-16-4-2-1-3-14(16)9-23-18(17)11-24-20-10-22-8-7-19(20)25(15-5-6-15)21(24)13-27/h1-4,7-10,13,15,21,26H,5-6,11-12H2. The molecule has 1 aromatic carbocycles. The Hall–Kier alpha value is -2.99. The van der Waals surface area contributed by atoms with Gasteiger partial charge in [0.1, 0.15) is 0 Å². The van der Waals surface area contributed by atoms with E-state index in [4.69, 9.17) is 0 Å². The van der Waals surface area contributed by atoms with Crippen LogP contribution in [0.3, 0.4) is 0 Å². The summed E-state index contributed by atoms with van der Waals surface area (Å²) in [4.78, 5) is 25.1. The van der Waals surface area contributed by atoms with E-state index in [-0.39, 0.29) is 12.8 Å². The molecular formula is C21H20N4O2. The summed E-state index contributed by atoms with van der Waals surface area (Å²) in [6.07, 6.45) is 8.26. The molecule has 2 aliphatic rings. The van der Waals surface area contributed by atoms with Crippen LogP contribution >= 0.6 is 0 Å². The van der Waals surface area contributed by atoms with Gasteiger partial charge in [0.05, 0.1) is 36.4 Å². The van der Waals surface area contributed by atoms with E-state index in [2.05, 4.69) is 14.9 Å². The van der Waals surface area contributed by atoms with Crippen molar-refractivity contribution in [1.29, 1.82) is 0 Å². The van der Waals surface area contributed by atoms with Crippen molar-refractivity contribution >= 4 is 28.4 Å². The smallest absolute Gasteiger partial charge is 0.163 e. The monoisotopic (exact) mass is 360 g/mol. The largest absolute Gasteiger partial charge is 0.392 e. The van der Waals surface area contributed by atoms with Crippen LogP contribution in [0.15, 0.2) is 48.9 Å². The molecule has 1 aliphatic carbocycles. The van der Waals surface area contributed by atoms with E-state index in [1.165, 1.54) is 0 Å². The number of benzene rings is 1. The number of aliphatic hydroxyl groups is 1. The average molecular weight is 360 g/mol. The summed E-state index contributed by atoms with van der Waals surface area (Å²) in [5.41, 5.74) is 3.60. The van der Waals surface area contributed by atoms with Gasteiger partial charge in [-0.2, -0.15) is 0 Å². The molecule has 5 rings (SSSR count). The number of nitrogens with zero attached hydrogens (tertiary/aromatic N) is 4. The van der Waals surface area contributed by atoms with Crippen LogP contribution in [0, 0.1) is 0 Å². The molecule has 0 bridgehead atoms. The number of carbonyl (C=O) groups excluding carboxylic acids is 1. The SMILES string of the molecule is O=CC1N(Cc2ncc3ccccc3c2CO)c2cnccc2N1C1CC1. The van der Waals surface area contributed by atoms with Gasteiger partial charge >= 0.3 is 0 Å². The number of aromatic nitrogens is 2. The van der Waals surface area contributed by atoms with Gasteiger partial charge in [0.2, 0.25) is 0 Å². The highest BCUT2D eigenvalue weighted by Gasteiger charge is 2.43. The van der Waals surface area contributed by atoms with Gasteiger partial charge in [0.25, 0.3) is 0 Å². The highest BCUT2D eigenvalue weighted by atomic mass is 16.3. The van der Waals surface area contributed by atoms with Crippen molar-refractivity contribution in [3.05, 3.63) is 60.2 Å². The van der Waals surface area contributed by atoms with Crippen LogP contribution in [0.5, 0.6) is 0 Å². The molecule has 6 nitrogen and oxygen atoms in total. The number of aldehydes is 1. The Morgan fingerprint density at radius 1 is 1.15 bits per heavy atom. The maximum Gasteiger partial charge on any atom is 0.163 e. The zero-order chi connectivity index (χ0) is 18.4.